The third-order valence-corrected chi connectivity index (χ3v) is 7.06. The third kappa shape index (κ3) is 106. The van der Waals surface area contributed by atoms with Gasteiger partial charge in [0.25, 0.3) is 0 Å². The van der Waals surface area contributed by atoms with Crippen molar-refractivity contribution >= 4 is 51.2 Å². The van der Waals surface area contributed by atoms with Crippen LogP contribution in [0.4, 0.5) is 9.59 Å². The van der Waals surface area contributed by atoms with Crippen molar-refractivity contribution in [1.82, 2.24) is 33.7 Å². The van der Waals surface area contributed by atoms with Gasteiger partial charge in [0.05, 0.1) is 25.5 Å². The van der Waals surface area contributed by atoms with E-state index in [1.54, 1.807) is 63.5 Å². The highest BCUT2D eigenvalue weighted by Crippen LogP contribution is 1.94. The minimum atomic E-state index is -2.91. The minimum Gasteiger partial charge on any atom is -0.453 e. The van der Waals surface area contributed by atoms with E-state index < -0.39 is 10.0 Å². The molecule has 0 aliphatic heterocycles. The fourth-order valence-corrected chi connectivity index (χ4v) is 0.365. The Labute approximate surface area is 333 Å². The van der Waals surface area contributed by atoms with Crippen LogP contribution in [0.15, 0.2) is 0 Å². The first kappa shape index (κ1) is 71.6. The summed E-state index contributed by atoms with van der Waals surface area (Å²) < 4.78 is 34.8. The highest BCUT2D eigenvalue weighted by atomic mass is 32.2. The summed E-state index contributed by atoms with van der Waals surface area (Å²) in [5.41, 5.74) is 0. The van der Waals surface area contributed by atoms with Gasteiger partial charge in [-0.2, -0.15) is 0 Å². The lowest BCUT2D eigenvalue weighted by Crippen LogP contribution is -2.20. The molecule has 0 fully saturated rings. The maximum atomic E-state index is 10.3. The molecule has 0 rings (SSSR count). The molecule has 16 nitrogen and oxygen atoms in total. The summed E-state index contributed by atoms with van der Waals surface area (Å²) in [4.78, 5) is 51.3. The van der Waals surface area contributed by atoms with Gasteiger partial charge in [-0.25, -0.2) is 22.3 Å². The van der Waals surface area contributed by atoms with Gasteiger partial charge in [0.1, 0.15) is 0 Å². The Balaban J connectivity index is -0.0000000590. The van der Waals surface area contributed by atoms with Gasteiger partial charge in [-0.15, -0.1) is 0 Å². The standard InChI is InChI=1S/C5H12.2C4H9NO2.2C4H9NO.C4H9NS.C4H11N.C3H9NO2S.C3H8O/c1-4-5(2)3;2*1-5(2)4(6)7-3;3*1-4(6)5(2)3;1-4-5(2)3;1-4(2)7(3,5)6;1-3-4-2/h5H,4H2,1-3H3;2*1-3H3;3*1-3H3;4H2,1-3H3;1-3H3;3H2,1-2H3. The Morgan fingerprint density at radius 2 is 0.755 bits per heavy atom. The molecule has 4 amide bonds. The molecular formula is C35H85N7O9S2. The van der Waals surface area contributed by atoms with Crippen molar-refractivity contribution in [2.24, 2.45) is 5.92 Å². The van der Waals surface area contributed by atoms with Crippen LogP contribution in [0.1, 0.15) is 61.8 Å². The van der Waals surface area contributed by atoms with Gasteiger partial charge in [-0.3, -0.25) is 9.59 Å². The molecule has 18 heteroatoms. The maximum Gasteiger partial charge on any atom is 0.408 e. The van der Waals surface area contributed by atoms with E-state index in [9.17, 15) is 27.6 Å². The Bertz CT molecular complexity index is 873. The first-order valence-corrected chi connectivity index (χ1v) is 19.0. The number of amides is 4. The number of rotatable bonds is 4. The highest BCUT2D eigenvalue weighted by molar-refractivity contribution is 7.88. The second kappa shape index (κ2) is 49.2. The van der Waals surface area contributed by atoms with E-state index in [0.29, 0.717) is 0 Å². The number of methoxy groups -OCH3 is 3. The van der Waals surface area contributed by atoms with Gasteiger partial charge < -0.3 is 43.6 Å². The van der Waals surface area contributed by atoms with Crippen molar-refractivity contribution in [2.45, 2.75) is 61.8 Å². The van der Waals surface area contributed by atoms with Crippen molar-refractivity contribution in [1.29, 1.82) is 0 Å². The lowest BCUT2D eigenvalue weighted by molar-refractivity contribution is -0.127. The molecule has 0 bridgehead atoms. The molecule has 0 aliphatic carbocycles. The van der Waals surface area contributed by atoms with Gasteiger partial charge in [-0.05, 0) is 40.4 Å². The molecule has 0 radical (unpaired) electrons. The van der Waals surface area contributed by atoms with Crippen molar-refractivity contribution in [2.75, 3.05) is 139 Å². The number of ether oxygens (including phenoxy) is 3. The molecule has 0 spiro atoms. The Morgan fingerprint density at radius 1 is 0.585 bits per heavy atom. The van der Waals surface area contributed by atoms with Gasteiger partial charge in [-0.1, -0.05) is 46.3 Å². The molecule has 0 aliphatic rings. The van der Waals surface area contributed by atoms with E-state index >= 15 is 0 Å². The zero-order valence-electron chi connectivity index (χ0n) is 38.8. The van der Waals surface area contributed by atoms with E-state index in [1.807, 2.05) is 32.8 Å². The summed E-state index contributed by atoms with van der Waals surface area (Å²) in [6.07, 6.45) is 1.83. The summed E-state index contributed by atoms with van der Waals surface area (Å²) in [5, 5.41) is 0. The fraction of sp³-hybridized carbons (Fsp3) is 0.857. The fourth-order valence-electron chi connectivity index (χ4n) is 0.365. The Kier molecular flexibility index (Phi) is 66.5. The molecule has 0 saturated heterocycles. The van der Waals surface area contributed by atoms with Crippen molar-refractivity contribution in [3.8, 4) is 0 Å². The monoisotopic (exact) mass is 812 g/mol. The summed E-state index contributed by atoms with van der Waals surface area (Å²) >= 11 is 4.75. The highest BCUT2D eigenvalue weighted by Gasteiger charge is 2.01. The molecule has 0 aromatic rings. The molecule has 0 aromatic carbocycles. The van der Waals surface area contributed by atoms with Gasteiger partial charge >= 0.3 is 12.2 Å². The van der Waals surface area contributed by atoms with E-state index in [4.69, 9.17) is 12.2 Å². The van der Waals surface area contributed by atoms with Crippen LogP contribution in [0.25, 0.3) is 0 Å². The van der Waals surface area contributed by atoms with E-state index in [0.717, 1.165) is 34.6 Å². The van der Waals surface area contributed by atoms with Crippen LogP contribution in [0.3, 0.4) is 0 Å². The van der Waals surface area contributed by atoms with E-state index in [-0.39, 0.29) is 24.0 Å². The molecule has 0 heterocycles. The van der Waals surface area contributed by atoms with Crippen LogP contribution in [0.5, 0.6) is 0 Å². The second-order valence-corrected chi connectivity index (χ2v) is 15.1. The van der Waals surface area contributed by atoms with Crippen molar-refractivity contribution in [3.63, 3.8) is 0 Å². The van der Waals surface area contributed by atoms with Gasteiger partial charge in [0.2, 0.25) is 21.8 Å². The van der Waals surface area contributed by atoms with Crippen molar-refractivity contribution in [3.05, 3.63) is 0 Å². The second-order valence-electron chi connectivity index (χ2n) is 12.3. The summed E-state index contributed by atoms with van der Waals surface area (Å²) in [5.74, 6) is 1.07. The number of sulfonamides is 1. The zero-order valence-corrected chi connectivity index (χ0v) is 40.5. The molecule has 0 atom stereocenters. The molecule has 0 aromatic heterocycles. The topological polar surface area (TPSA) is 153 Å². The Morgan fingerprint density at radius 3 is 0.755 bits per heavy atom. The number of carbonyl (C=O) groups is 4. The lowest BCUT2D eigenvalue weighted by Gasteiger charge is -2.06. The van der Waals surface area contributed by atoms with Crippen LogP contribution in [-0.2, 0) is 33.8 Å². The third-order valence-electron chi connectivity index (χ3n) is 5.37. The van der Waals surface area contributed by atoms with Crippen molar-refractivity contribution < 1.29 is 41.8 Å². The lowest BCUT2D eigenvalue weighted by atomic mass is 10.2. The number of thiocarbonyl (C=S) groups is 1. The SMILES string of the molecule is CC(=O)N(C)C.CC(=O)N(C)C.CC(=S)N(C)C.CCC(C)C.CCN(C)C.CCOC.CN(C)S(C)(=O)=O.COC(=O)N(C)C.COC(=O)N(C)C. The first-order valence-electron chi connectivity index (χ1n) is 16.7. The summed E-state index contributed by atoms with van der Waals surface area (Å²) in [7, 11) is 25.9. The molecule has 0 N–H and O–H groups in total. The number of hydrogen-bond donors (Lipinski definition) is 0. The maximum absolute atomic E-state index is 10.3. The average molecular weight is 812 g/mol. The molecule has 0 saturated carbocycles. The van der Waals surface area contributed by atoms with Crippen LogP contribution in [0, 0.1) is 5.92 Å². The predicted octanol–water partition coefficient (Wildman–Crippen LogP) is 4.49. The van der Waals surface area contributed by atoms with Crippen LogP contribution < -0.4 is 0 Å². The van der Waals surface area contributed by atoms with E-state index in [2.05, 4.69) is 60.9 Å². The average Bonchev–Trinajstić information content (AvgIpc) is 3.05. The molecular weight excluding hydrogens is 727 g/mol. The zero-order chi connectivity index (χ0) is 45.2. The minimum absolute atomic E-state index is 0.0926. The molecule has 326 valence electrons. The summed E-state index contributed by atoms with van der Waals surface area (Å²) in [6, 6.07) is 0. The normalized spacial score (nSPS) is 8.77. The Hall–Kier alpha value is -2.80. The largest absolute Gasteiger partial charge is 0.453 e. The van der Waals surface area contributed by atoms with Gasteiger partial charge in [0.15, 0.2) is 0 Å². The van der Waals surface area contributed by atoms with E-state index in [1.165, 1.54) is 68.2 Å². The van der Waals surface area contributed by atoms with Gasteiger partial charge in [0, 0.05) is 112 Å². The number of hydrogen-bond acceptors (Lipinski definition) is 11. The number of carbonyl (C=O) groups excluding carboxylic acids is 4. The van der Waals surface area contributed by atoms with Crippen LogP contribution >= 0.6 is 12.2 Å². The molecule has 0 unspecified atom stereocenters. The van der Waals surface area contributed by atoms with Crippen LogP contribution in [0.2, 0.25) is 0 Å². The number of nitrogens with zero attached hydrogens (tertiary/aromatic N) is 7. The smallest absolute Gasteiger partial charge is 0.408 e. The first-order chi connectivity index (χ1) is 23.7. The quantitative estimate of drug-likeness (QED) is 0.368. The van der Waals surface area contributed by atoms with Crippen LogP contribution in [-0.4, -0.2) is 211 Å². The molecule has 53 heavy (non-hydrogen) atoms. The predicted molar refractivity (Wildman–Crippen MR) is 228 cm³/mol. The summed E-state index contributed by atoms with van der Waals surface area (Å²) in [6.45, 7) is 17.6.